The largest absolute Gasteiger partial charge is 0.193 e. The van der Waals surface area contributed by atoms with Crippen LogP contribution in [0.25, 0.3) is 6.08 Å². The molecule has 0 aliphatic carbocycles. The highest BCUT2D eigenvalue weighted by Gasteiger charge is 2.04. The number of halogens is 3. The summed E-state index contributed by atoms with van der Waals surface area (Å²) in [6, 6.07) is 9.41. The Hall–Kier alpha value is -0.300. The molecular formula is C10H6Br2ClN. The van der Waals surface area contributed by atoms with E-state index in [9.17, 15) is 0 Å². The van der Waals surface area contributed by atoms with Crippen molar-refractivity contribution in [3.8, 4) is 6.07 Å². The van der Waals surface area contributed by atoms with Gasteiger partial charge in [0.1, 0.15) is 3.74 Å². The van der Waals surface area contributed by atoms with E-state index in [1.54, 1.807) is 18.2 Å². The van der Waals surface area contributed by atoms with Crippen LogP contribution in [0, 0.1) is 11.3 Å². The molecule has 0 fully saturated rings. The van der Waals surface area contributed by atoms with Crippen LogP contribution in [-0.2, 0) is 0 Å². The lowest BCUT2D eigenvalue weighted by molar-refractivity contribution is 1.45. The Kier molecular flexibility index (Phi) is 4.67. The van der Waals surface area contributed by atoms with Gasteiger partial charge in [0.25, 0.3) is 0 Å². The van der Waals surface area contributed by atoms with Crippen LogP contribution >= 0.6 is 43.5 Å². The van der Waals surface area contributed by atoms with E-state index in [-0.39, 0.29) is 3.74 Å². The quantitative estimate of drug-likeness (QED) is 0.582. The molecule has 0 aliphatic heterocycles. The summed E-state index contributed by atoms with van der Waals surface area (Å²) >= 11 is 12.3. The fourth-order valence-corrected chi connectivity index (χ4v) is 1.48. The van der Waals surface area contributed by atoms with Crippen molar-refractivity contribution in [2.24, 2.45) is 0 Å². The third-order valence-electron chi connectivity index (χ3n) is 1.56. The third kappa shape index (κ3) is 3.45. The highest BCUT2D eigenvalue weighted by Crippen LogP contribution is 2.21. The Labute approximate surface area is 105 Å². The van der Waals surface area contributed by atoms with Gasteiger partial charge in [-0.3, -0.25) is 0 Å². The van der Waals surface area contributed by atoms with Gasteiger partial charge >= 0.3 is 0 Å². The molecule has 1 nitrogen and oxygen atoms in total. The zero-order chi connectivity index (χ0) is 10.6. The molecule has 0 aromatic heterocycles. The molecule has 72 valence electrons. The van der Waals surface area contributed by atoms with E-state index < -0.39 is 0 Å². The molecule has 0 radical (unpaired) electrons. The van der Waals surface area contributed by atoms with Gasteiger partial charge in [0.05, 0.1) is 11.6 Å². The highest BCUT2D eigenvalue weighted by atomic mass is 79.9. The Balaban J connectivity index is 2.97. The minimum atomic E-state index is -0.115. The summed E-state index contributed by atoms with van der Waals surface area (Å²) in [5.41, 5.74) is 1.57. The Morgan fingerprint density at radius 3 is 2.36 bits per heavy atom. The monoisotopic (exact) mass is 333 g/mol. The summed E-state index contributed by atoms with van der Waals surface area (Å²) in [6.07, 6.45) is 1.80. The number of rotatable bonds is 2. The van der Waals surface area contributed by atoms with E-state index in [2.05, 4.69) is 37.9 Å². The molecule has 0 saturated heterocycles. The molecule has 0 unspecified atom stereocenters. The summed E-state index contributed by atoms with van der Waals surface area (Å²) in [5.74, 6) is 0. The van der Waals surface area contributed by atoms with Crippen LogP contribution in [-0.4, -0.2) is 3.74 Å². The molecule has 0 heterocycles. The van der Waals surface area contributed by atoms with Crippen molar-refractivity contribution in [1.29, 1.82) is 5.26 Å². The number of allylic oxidation sites excluding steroid dienone is 1. The van der Waals surface area contributed by atoms with Crippen molar-refractivity contribution in [1.82, 2.24) is 0 Å². The Morgan fingerprint density at radius 2 is 1.93 bits per heavy atom. The van der Waals surface area contributed by atoms with Crippen LogP contribution in [0.15, 0.2) is 29.8 Å². The van der Waals surface area contributed by atoms with Crippen LogP contribution in [0.2, 0.25) is 5.02 Å². The molecule has 4 heteroatoms. The average Bonchev–Trinajstić information content (AvgIpc) is 2.16. The van der Waals surface area contributed by atoms with Gasteiger partial charge in [-0.05, 0) is 23.8 Å². The first-order valence-electron chi connectivity index (χ1n) is 3.79. The second kappa shape index (κ2) is 5.55. The minimum Gasteiger partial charge on any atom is -0.193 e. The second-order valence-electron chi connectivity index (χ2n) is 2.56. The molecule has 0 N–H and O–H groups in total. The van der Waals surface area contributed by atoms with Gasteiger partial charge in [0, 0.05) is 5.02 Å². The molecule has 0 aliphatic rings. The fourth-order valence-electron chi connectivity index (χ4n) is 0.883. The van der Waals surface area contributed by atoms with E-state index in [0.717, 1.165) is 5.56 Å². The van der Waals surface area contributed by atoms with Crippen molar-refractivity contribution in [2.75, 3.05) is 0 Å². The van der Waals surface area contributed by atoms with E-state index in [0.29, 0.717) is 10.6 Å². The van der Waals surface area contributed by atoms with Gasteiger partial charge in [-0.1, -0.05) is 55.6 Å². The number of hydrogen-bond acceptors (Lipinski definition) is 1. The molecule has 1 rings (SSSR count). The Bertz CT molecular complexity index is 376. The van der Waals surface area contributed by atoms with Crippen molar-refractivity contribution < 1.29 is 0 Å². The minimum absolute atomic E-state index is 0.115. The van der Waals surface area contributed by atoms with Crippen LogP contribution in [0.1, 0.15) is 5.56 Å². The fraction of sp³-hybridized carbons (Fsp3) is 0.100. The maximum absolute atomic E-state index is 8.81. The van der Waals surface area contributed by atoms with Crippen LogP contribution in [0.3, 0.4) is 0 Å². The molecule has 1 aromatic rings. The third-order valence-corrected chi connectivity index (χ3v) is 2.79. The first-order valence-corrected chi connectivity index (χ1v) is 6.00. The maximum Gasteiger partial charge on any atom is 0.104 e. The van der Waals surface area contributed by atoms with Gasteiger partial charge in [-0.25, -0.2) is 0 Å². The van der Waals surface area contributed by atoms with Gasteiger partial charge in [-0.2, -0.15) is 5.26 Å². The normalized spacial score (nSPS) is 11.5. The summed E-state index contributed by atoms with van der Waals surface area (Å²) in [5, 5.41) is 9.50. The molecule has 0 bridgehead atoms. The zero-order valence-electron chi connectivity index (χ0n) is 7.05. The number of nitrogens with zero attached hydrogens (tertiary/aromatic N) is 1. The van der Waals surface area contributed by atoms with Gasteiger partial charge in [0.2, 0.25) is 0 Å². The number of benzene rings is 1. The summed E-state index contributed by atoms with van der Waals surface area (Å²) in [6.45, 7) is 0. The smallest absolute Gasteiger partial charge is 0.104 e. The lowest BCUT2D eigenvalue weighted by Gasteiger charge is -1.99. The van der Waals surface area contributed by atoms with E-state index in [1.165, 1.54) is 0 Å². The number of hydrogen-bond donors (Lipinski definition) is 0. The standard InChI is InChI=1S/C10H6Br2ClN/c11-10(12)8(6-14)5-7-1-3-9(13)4-2-7/h1-5,10H/b8-5+. The summed E-state index contributed by atoms with van der Waals surface area (Å²) in [4.78, 5) is 0. The number of alkyl halides is 2. The van der Waals surface area contributed by atoms with Crippen molar-refractivity contribution in [3.63, 3.8) is 0 Å². The van der Waals surface area contributed by atoms with Gasteiger partial charge < -0.3 is 0 Å². The molecule has 1 aromatic carbocycles. The average molecular weight is 335 g/mol. The second-order valence-corrected chi connectivity index (χ2v) is 6.06. The van der Waals surface area contributed by atoms with E-state index in [4.69, 9.17) is 16.9 Å². The summed E-state index contributed by atoms with van der Waals surface area (Å²) in [7, 11) is 0. The SMILES string of the molecule is N#C/C(=C\c1ccc(Cl)cc1)C(Br)Br. The van der Waals surface area contributed by atoms with E-state index >= 15 is 0 Å². The van der Waals surface area contributed by atoms with Crippen molar-refractivity contribution in [3.05, 3.63) is 40.4 Å². The number of nitriles is 1. The Morgan fingerprint density at radius 1 is 1.36 bits per heavy atom. The van der Waals surface area contributed by atoms with E-state index in [1.807, 2.05) is 12.1 Å². The topological polar surface area (TPSA) is 23.8 Å². The lowest BCUT2D eigenvalue weighted by atomic mass is 10.1. The first kappa shape index (κ1) is 11.8. The molecule has 0 amide bonds. The molecule has 0 atom stereocenters. The van der Waals surface area contributed by atoms with Crippen LogP contribution < -0.4 is 0 Å². The molecule has 14 heavy (non-hydrogen) atoms. The zero-order valence-corrected chi connectivity index (χ0v) is 11.0. The van der Waals surface area contributed by atoms with Gasteiger partial charge in [-0.15, -0.1) is 0 Å². The highest BCUT2D eigenvalue weighted by molar-refractivity contribution is 9.24. The predicted molar refractivity (Wildman–Crippen MR) is 66.7 cm³/mol. The first-order chi connectivity index (χ1) is 6.63. The lowest BCUT2D eigenvalue weighted by Crippen LogP contribution is -1.88. The molecular weight excluding hydrogens is 329 g/mol. The summed E-state index contributed by atoms with van der Waals surface area (Å²) < 4.78 is -0.115. The van der Waals surface area contributed by atoms with Crippen molar-refractivity contribution in [2.45, 2.75) is 3.74 Å². The predicted octanol–water partition coefficient (Wildman–Crippen LogP) is 4.36. The van der Waals surface area contributed by atoms with Crippen LogP contribution in [0.5, 0.6) is 0 Å². The molecule has 0 spiro atoms. The van der Waals surface area contributed by atoms with Crippen LogP contribution in [0.4, 0.5) is 0 Å². The van der Waals surface area contributed by atoms with Gasteiger partial charge in [0.15, 0.2) is 0 Å². The maximum atomic E-state index is 8.81. The molecule has 0 saturated carbocycles. The van der Waals surface area contributed by atoms with Crippen molar-refractivity contribution >= 4 is 49.5 Å².